The molecule has 1 aliphatic heterocycles. The van der Waals surface area contributed by atoms with E-state index >= 15 is 0 Å². The number of likely N-dealkylation sites (tertiary alicyclic amines) is 1. The molecule has 0 radical (unpaired) electrons. The first-order valence-electron chi connectivity index (χ1n) is 7.36. The number of amides is 2. The number of carbonyl (C=O) groups excluding carboxylic acids is 2. The monoisotopic (exact) mass is 339 g/mol. The molecule has 2 rings (SSSR count). The number of primary amides is 1. The SMILES string of the molecule is CS(=O)(=O)NCC(=O)N1CCC(Cc2cccc(C(N)=O)c2)C1. The summed E-state index contributed by atoms with van der Waals surface area (Å²) in [5.41, 5.74) is 6.76. The van der Waals surface area contributed by atoms with E-state index in [-0.39, 0.29) is 12.5 Å². The molecule has 1 aromatic carbocycles. The fraction of sp³-hybridized carbons (Fsp3) is 0.467. The topological polar surface area (TPSA) is 110 Å². The van der Waals surface area contributed by atoms with Crippen molar-refractivity contribution in [1.82, 2.24) is 9.62 Å². The standard InChI is InChI=1S/C15H21N3O4S/c1-23(21,22)17-9-14(19)18-6-5-12(10-18)7-11-3-2-4-13(8-11)15(16)20/h2-4,8,12,17H,5-7,9-10H2,1H3,(H2,16,20). The van der Waals surface area contributed by atoms with Crippen LogP contribution in [0.4, 0.5) is 0 Å². The lowest BCUT2D eigenvalue weighted by Gasteiger charge is -2.16. The first-order valence-corrected chi connectivity index (χ1v) is 9.25. The molecular formula is C15H21N3O4S. The van der Waals surface area contributed by atoms with Gasteiger partial charge in [0.05, 0.1) is 12.8 Å². The number of carbonyl (C=O) groups is 2. The highest BCUT2D eigenvalue weighted by molar-refractivity contribution is 7.88. The molecule has 2 amide bonds. The second-order valence-corrected chi connectivity index (χ2v) is 7.69. The van der Waals surface area contributed by atoms with Gasteiger partial charge in [0.2, 0.25) is 21.8 Å². The average Bonchev–Trinajstić information content (AvgIpc) is 2.93. The van der Waals surface area contributed by atoms with Crippen LogP contribution < -0.4 is 10.5 Å². The maximum absolute atomic E-state index is 12.0. The van der Waals surface area contributed by atoms with Gasteiger partial charge in [-0.05, 0) is 36.5 Å². The van der Waals surface area contributed by atoms with E-state index in [1.807, 2.05) is 6.07 Å². The number of nitrogens with two attached hydrogens (primary N) is 1. The lowest BCUT2D eigenvalue weighted by atomic mass is 9.97. The van der Waals surface area contributed by atoms with E-state index in [1.165, 1.54) is 0 Å². The summed E-state index contributed by atoms with van der Waals surface area (Å²) >= 11 is 0. The van der Waals surface area contributed by atoms with Gasteiger partial charge in [0, 0.05) is 18.7 Å². The van der Waals surface area contributed by atoms with Crippen molar-refractivity contribution in [1.29, 1.82) is 0 Å². The quantitative estimate of drug-likeness (QED) is 0.743. The third kappa shape index (κ3) is 5.33. The van der Waals surface area contributed by atoms with Crippen LogP contribution in [-0.4, -0.2) is 51.0 Å². The number of benzene rings is 1. The highest BCUT2D eigenvalue weighted by Gasteiger charge is 2.26. The van der Waals surface area contributed by atoms with E-state index in [0.29, 0.717) is 24.6 Å². The van der Waals surface area contributed by atoms with Crippen LogP contribution in [0.1, 0.15) is 22.3 Å². The maximum Gasteiger partial charge on any atom is 0.248 e. The molecule has 1 unspecified atom stereocenters. The Morgan fingerprint density at radius 2 is 2.13 bits per heavy atom. The number of sulfonamides is 1. The van der Waals surface area contributed by atoms with Crippen molar-refractivity contribution in [2.75, 3.05) is 25.9 Å². The van der Waals surface area contributed by atoms with Gasteiger partial charge in [-0.25, -0.2) is 13.1 Å². The molecule has 1 aromatic rings. The molecule has 126 valence electrons. The molecule has 23 heavy (non-hydrogen) atoms. The van der Waals surface area contributed by atoms with Crippen molar-refractivity contribution in [3.8, 4) is 0 Å². The Hall–Kier alpha value is -1.93. The molecule has 0 bridgehead atoms. The molecule has 7 nitrogen and oxygen atoms in total. The smallest absolute Gasteiger partial charge is 0.248 e. The van der Waals surface area contributed by atoms with E-state index < -0.39 is 15.9 Å². The van der Waals surface area contributed by atoms with Crippen molar-refractivity contribution in [3.05, 3.63) is 35.4 Å². The molecule has 0 saturated carbocycles. The van der Waals surface area contributed by atoms with Crippen molar-refractivity contribution >= 4 is 21.8 Å². The first kappa shape index (κ1) is 17.4. The van der Waals surface area contributed by atoms with Crippen LogP contribution in [0.15, 0.2) is 24.3 Å². The number of hydrogen-bond acceptors (Lipinski definition) is 4. The lowest BCUT2D eigenvalue weighted by Crippen LogP contribution is -2.38. The van der Waals surface area contributed by atoms with Crippen LogP contribution in [0.3, 0.4) is 0 Å². The lowest BCUT2D eigenvalue weighted by molar-refractivity contribution is -0.129. The Kier molecular flexibility index (Phi) is 5.38. The van der Waals surface area contributed by atoms with Crippen LogP contribution in [-0.2, 0) is 21.2 Å². The van der Waals surface area contributed by atoms with Crippen molar-refractivity contribution < 1.29 is 18.0 Å². The van der Waals surface area contributed by atoms with Gasteiger partial charge in [-0.1, -0.05) is 12.1 Å². The predicted octanol–water partition coefficient (Wildman–Crippen LogP) is -0.274. The molecule has 1 atom stereocenters. The maximum atomic E-state index is 12.0. The summed E-state index contributed by atoms with van der Waals surface area (Å²) in [4.78, 5) is 24.8. The molecule has 3 N–H and O–H groups in total. The normalized spacial score (nSPS) is 18.1. The minimum absolute atomic E-state index is 0.206. The van der Waals surface area contributed by atoms with Gasteiger partial charge in [0.1, 0.15) is 0 Å². The minimum Gasteiger partial charge on any atom is -0.366 e. The van der Waals surface area contributed by atoms with Crippen molar-refractivity contribution in [2.24, 2.45) is 11.7 Å². The molecule has 8 heteroatoms. The summed E-state index contributed by atoms with van der Waals surface area (Å²) in [5.74, 6) is -0.383. The second-order valence-electron chi connectivity index (χ2n) is 5.86. The highest BCUT2D eigenvalue weighted by Crippen LogP contribution is 2.21. The third-order valence-corrected chi connectivity index (χ3v) is 4.53. The van der Waals surface area contributed by atoms with Gasteiger partial charge in [-0.3, -0.25) is 9.59 Å². The average molecular weight is 339 g/mol. The second kappa shape index (κ2) is 7.10. The fourth-order valence-corrected chi connectivity index (χ4v) is 3.10. The summed E-state index contributed by atoms with van der Waals surface area (Å²) in [6.07, 6.45) is 2.63. The molecule has 1 aliphatic rings. The molecule has 0 spiro atoms. The van der Waals surface area contributed by atoms with Crippen LogP contribution in [0, 0.1) is 5.92 Å². The molecular weight excluding hydrogens is 318 g/mol. The van der Waals surface area contributed by atoms with Crippen molar-refractivity contribution in [2.45, 2.75) is 12.8 Å². The summed E-state index contributed by atoms with van der Waals surface area (Å²) < 4.78 is 24.3. The highest BCUT2D eigenvalue weighted by atomic mass is 32.2. The van der Waals surface area contributed by atoms with Gasteiger partial charge in [0.25, 0.3) is 0 Å². The fourth-order valence-electron chi connectivity index (χ4n) is 2.72. The van der Waals surface area contributed by atoms with Gasteiger partial charge in [-0.15, -0.1) is 0 Å². The molecule has 1 heterocycles. The van der Waals surface area contributed by atoms with Gasteiger partial charge < -0.3 is 10.6 Å². The van der Waals surface area contributed by atoms with E-state index in [0.717, 1.165) is 24.7 Å². The van der Waals surface area contributed by atoms with Gasteiger partial charge in [0.15, 0.2) is 0 Å². The van der Waals surface area contributed by atoms with Crippen molar-refractivity contribution in [3.63, 3.8) is 0 Å². The van der Waals surface area contributed by atoms with Crippen LogP contribution in [0.5, 0.6) is 0 Å². The summed E-state index contributed by atoms with van der Waals surface area (Å²) in [6, 6.07) is 7.18. The first-order chi connectivity index (χ1) is 10.7. The number of rotatable bonds is 6. The number of hydrogen-bond donors (Lipinski definition) is 2. The Bertz CT molecular complexity index is 702. The number of nitrogens with zero attached hydrogens (tertiary/aromatic N) is 1. The van der Waals surface area contributed by atoms with Crippen LogP contribution >= 0.6 is 0 Å². The van der Waals surface area contributed by atoms with E-state index in [1.54, 1.807) is 23.1 Å². The summed E-state index contributed by atoms with van der Waals surface area (Å²) in [7, 11) is -3.37. The molecule has 0 aliphatic carbocycles. The third-order valence-electron chi connectivity index (χ3n) is 3.86. The number of nitrogens with one attached hydrogen (secondary N) is 1. The molecule has 1 saturated heterocycles. The summed E-state index contributed by atoms with van der Waals surface area (Å²) in [5, 5.41) is 0. The Morgan fingerprint density at radius 1 is 1.39 bits per heavy atom. The summed E-state index contributed by atoms with van der Waals surface area (Å²) in [6.45, 7) is 0.998. The zero-order chi connectivity index (χ0) is 17.0. The van der Waals surface area contributed by atoms with E-state index in [4.69, 9.17) is 5.73 Å². The molecule has 1 fully saturated rings. The Balaban J connectivity index is 1.89. The van der Waals surface area contributed by atoms with Gasteiger partial charge >= 0.3 is 0 Å². The van der Waals surface area contributed by atoms with Crippen LogP contribution in [0.2, 0.25) is 0 Å². The van der Waals surface area contributed by atoms with Crippen LogP contribution in [0.25, 0.3) is 0 Å². The zero-order valence-corrected chi connectivity index (χ0v) is 13.8. The van der Waals surface area contributed by atoms with Gasteiger partial charge in [-0.2, -0.15) is 0 Å². The Labute approximate surface area is 135 Å². The molecule has 0 aromatic heterocycles. The van der Waals surface area contributed by atoms with E-state index in [2.05, 4.69) is 4.72 Å². The van der Waals surface area contributed by atoms with E-state index in [9.17, 15) is 18.0 Å². The Morgan fingerprint density at radius 3 is 2.78 bits per heavy atom. The zero-order valence-electron chi connectivity index (χ0n) is 13.0. The predicted molar refractivity (Wildman–Crippen MR) is 86.2 cm³/mol. The minimum atomic E-state index is -3.37. The largest absolute Gasteiger partial charge is 0.366 e.